The predicted octanol–water partition coefficient (Wildman–Crippen LogP) is 2.23. The molecule has 100 valence electrons. The summed E-state index contributed by atoms with van der Waals surface area (Å²) >= 11 is 0. The van der Waals surface area contributed by atoms with Gasteiger partial charge < -0.3 is 9.64 Å². The van der Waals surface area contributed by atoms with Crippen LogP contribution in [0.3, 0.4) is 0 Å². The van der Waals surface area contributed by atoms with Crippen molar-refractivity contribution in [2.24, 2.45) is 5.92 Å². The highest BCUT2D eigenvalue weighted by Crippen LogP contribution is 2.23. The van der Waals surface area contributed by atoms with Gasteiger partial charge in [-0.25, -0.2) is 0 Å². The molecule has 1 saturated heterocycles. The molecule has 0 saturated carbocycles. The molecular weight excluding hydrogens is 240 g/mol. The van der Waals surface area contributed by atoms with Crippen molar-refractivity contribution >= 4 is 12.0 Å². The monoisotopic (exact) mass is 258 g/mol. The van der Waals surface area contributed by atoms with Gasteiger partial charge in [0.15, 0.2) is 0 Å². The van der Waals surface area contributed by atoms with Crippen LogP contribution in [0.5, 0.6) is 0 Å². The third-order valence-electron chi connectivity index (χ3n) is 3.48. The predicted molar refractivity (Wildman–Crippen MR) is 73.4 cm³/mol. The van der Waals surface area contributed by atoms with Crippen LogP contribution >= 0.6 is 0 Å². The average Bonchev–Trinajstić information content (AvgIpc) is 2.47. The second-order valence-electron chi connectivity index (χ2n) is 4.97. The van der Waals surface area contributed by atoms with Crippen molar-refractivity contribution in [3.05, 3.63) is 29.3 Å². The van der Waals surface area contributed by atoms with Crippen LogP contribution in [0.1, 0.15) is 28.8 Å². The first-order valence-electron chi connectivity index (χ1n) is 6.53. The normalized spacial score (nSPS) is 18.6. The average molecular weight is 258 g/mol. The van der Waals surface area contributed by atoms with Crippen molar-refractivity contribution in [1.82, 2.24) is 0 Å². The van der Waals surface area contributed by atoms with Gasteiger partial charge in [-0.3, -0.25) is 4.79 Å². The molecule has 0 aliphatic carbocycles. The molecule has 4 nitrogen and oxygen atoms in total. The Hall–Kier alpha value is -1.86. The van der Waals surface area contributed by atoms with E-state index in [4.69, 9.17) is 4.74 Å². The minimum atomic E-state index is 0.510. The molecule has 0 spiro atoms. The van der Waals surface area contributed by atoms with Gasteiger partial charge >= 0.3 is 0 Å². The highest BCUT2D eigenvalue weighted by Gasteiger charge is 2.17. The molecule has 1 aliphatic rings. The van der Waals surface area contributed by atoms with Crippen LogP contribution in [0.4, 0.5) is 5.69 Å². The number of benzene rings is 1. The van der Waals surface area contributed by atoms with E-state index in [0.29, 0.717) is 17.0 Å². The van der Waals surface area contributed by atoms with Crippen molar-refractivity contribution in [2.75, 3.05) is 31.7 Å². The minimum absolute atomic E-state index is 0.510. The maximum absolute atomic E-state index is 10.7. The number of hydrogen-bond acceptors (Lipinski definition) is 4. The Bertz CT molecular complexity index is 487. The van der Waals surface area contributed by atoms with Crippen LogP contribution in [-0.4, -0.2) is 33.1 Å². The zero-order chi connectivity index (χ0) is 13.7. The van der Waals surface area contributed by atoms with Gasteiger partial charge in [-0.2, -0.15) is 5.26 Å². The first kappa shape index (κ1) is 13.6. The molecule has 1 atom stereocenters. The molecule has 0 amide bonds. The van der Waals surface area contributed by atoms with Crippen molar-refractivity contribution in [1.29, 1.82) is 5.26 Å². The Morgan fingerprint density at radius 2 is 2.42 bits per heavy atom. The van der Waals surface area contributed by atoms with E-state index in [9.17, 15) is 10.1 Å². The number of ether oxygens (including phenoxy) is 1. The maximum atomic E-state index is 10.7. The van der Waals surface area contributed by atoms with E-state index >= 15 is 0 Å². The second kappa shape index (κ2) is 6.35. The van der Waals surface area contributed by atoms with Gasteiger partial charge in [0.25, 0.3) is 0 Å². The molecule has 0 bridgehead atoms. The molecular formula is C15H18N2O2. The van der Waals surface area contributed by atoms with Crippen LogP contribution in [0.15, 0.2) is 18.2 Å². The SMILES string of the molecule is CN(CC1CCCOC1)c1ccc(C=O)cc1C#N. The quantitative estimate of drug-likeness (QED) is 0.777. The summed E-state index contributed by atoms with van der Waals surface area (Å²) in [5.41, 5.74) is 1.96. The van der Waals surface area contributed by atoms with Crippen molar-refractivity contribution in [3.8, 4) is 6.07 Å². The van der Waals surface area contributed by atoms with Gasteiger partial charge in [0.2, 0.25) is 0 Å². The number of nitriles is 1. The highest BCUT2D eigenvalue weighted by molar-refractivity contribution is 5.78. The summed E-state index contributed by atoms with van der Waals surface area (Å²) in [5, 5.41) is 9.18. The molecule has 1 aliphatic heterocycles. The number of anilines is 1. The molecule has 19 heavy (non-hydrogen) atoms. The lowest BCUT2D eigenvalue weighted by molar-refractivity contribution is 0.0576. The number of nitrogens with zero attached hydrogens (tertiary/aromatic N) is 2. The molecule has 2 rings (SSSR count). The molecule has 1 fully saturated rings. The van der Waals surface area contributed by atoms with Crippen LogP contribution in [0.25, 0.3) is 0 Å². The van der Waals surface area contributed by atoms with E-state index in [1.165, 1.54) is 6.42 Å². The Morgan fingerprint density at radius 1 is 1.58 bits per heavy atom. The first-order valence-corrected chi connectivity index (χ1v) is 6.53. The Kier molecular flexibility index (Phi) is 4.53. The molecule has 1 aromatic carbocycles. The third-order valence-corrected chi connectivity index (χ3v) is 3.48. The Morgan fingerprint density at radius 3 is 3.05 bits per heavy atom. The van der Waals surface area contributed by atoms with E-state index < -0.39 is 0 Å². The number of rotatable bonds is 4. The summed E-state index contributed by atoms with van der Waals surface area (Å²) in [4.78, 5) is 12.8. The van der Waals surface area contributed by atoms with E-state index in [0.717, 1.165) is 38.2 Å². The zero-order valence-corrected chi connectivity index (χ0v) is 11.1. The second-order valence-corrected chi connectivity index (χ2v) is 4.97. The minimum Gasteiger partial charge on any atom is -0.381 e. The van der Waals surface area contributed by atoms with E-state index in [-0.39, 0.29) is 0 Å². The van der Waals surface area contributed by atoms with Crippen LogP contribution in [0.2, 0.25) is 0 Å². The topological polar surface area (TPSA) is 53.3 Å². The van der Waals surface area contributed by atoms with Gasteiger partial charge in [-0.15, -0.1) is 0 Å². The van der Waals surface area contributed by atoms with E-state index in [1.54, 1.807) is 12.1 Å². The molecule has 0 radical (unpaired) electrons. The summed E-state index contributed by atoms with van der Waals surface area (Å²) in [6.45, 7) is 2.52. The van der Waals surface area contributed by atoms with Crippen LogP contribution in [-0.2, 0) is 4.74 Å². The fourth-order valence-electron chi connectivity index (χ4n) is 2.49. The summed E-state index contributed by atoms with van der Waals surface area (Å²) in [5.74, 6) is 0.510. The van der Waals surface area contributed by atoms with Crippen LogP contribution in [0, 0.1) is 17.2 Å². The van der Waals surface area contributed by atoms with Gasteiger partial charge in [0, 0.05) is 25.8 Å². The lowest BCUT2D eigenvalue weighted by Crippen LogP contribution is -2.31. The van der Waals surface area contributed by atoms with Crippen molar-refractivity contribution in [2.45, 2.75) is 12.8 Å². The summed E-state index contributed by atoms with van der Waals surface area (Å²) in [7, 11) is 1.98. The first-order chi connectivity index (χ1) is 9.24. The number of hydrogen-bond donors (Lipinski definition) is 0. The molecule has 0 N–H and O–H groups in total. The van der Waals surface area contributed by atoms with Gasteiger partial charge in [-0.1, -0.05) is 0 Å². The number of carbonyl (C=O) groups excluding carboxylic acids is 1. The summed E-state index contributed by atoms with van der Waals surface area (Å²) in [6.07, 6.45) is 3.03. The third kappa shape index (κ3) is 3.33. The standard InChI is InChI=1S/C15H18N2O2/c1-17(9-13-3-2-6-19-11-13)15-5-4-12(10-18)7-14(15)8-16/h4-5,7,10,13H,2-3,6,9,11H2,1H3. The van der Waals surface area contributed by atoms with E-state index in [1.807, 2.05) is 13.1 Å². The number of carbonyl (C=O) groups is 1. The number of aldehydes is 1. The van der Waals surface area contributed by atoms with Gasteiger partial charge in [-0.05, 0) is 37.0 Å². The molecule has 0 aromatic heterocycles. The summed E-state index contributed by atoms with van der Waals surface area (Å²) < 4.78 is 5.47. The molecule has 4 heteroatoms. The zero-order valence-electron chi connectivity index (χ0n) is 11.1. The highest BCUT2D eigenvalue weighted by atomic mass is 16.5. The van der Waals surface area contributed by atoms with Gasteiger partial charge in [0.1, 0.15) is 12.4 Å². The Labute approximate surface area is 113 Å². The maximum Gasteiger partial charge on any atom is 0.150 e. The Balaban J connectivity index is 2.11. The van der Waals surface area contributed by atoms with E-state index in [2.05, 4.69) is 11.0 Å². The largest absolute Gasteiger partial charge is 0.381 e. The lowest BCUT2D eigenvalue weighted by Gasteiger charge is -2.28. The lowest BCUT2D eigenvalue weighted by atomic mass is 10.0. The fourth-order valence-corrected chi connectivity index (χ4v) is 2.49. The molecule has 1 aromatic rings. The smallest absolute Gasteiger partial charge is 0.150 e. The van der Waals surface area contributed by atoms with Crippen molar-refractivity contribution in [3.63, 3.8) is 0 Å². The molecule has 1 heterocycles. The van der Waals surface area contributed by atoms with Gasteiger partial charge in [0.05, 0.1) is 17.9 Å². The molecule has 1 unspecified atom stereocenters. The summed E-state index contributed by atoms with van der Waals surface area (Å²) in [6, 6.07) is 7.38. The fraction of sp³-hybridized carbons (Fsp3) is 0.467. The van der Waals surface area contributed by atoms with Crippen molar-refractivity contribution < 1.29 is 9.53 Å². The van der Waals surface area contributed by atoms with Crippen LogP contribution < -0.4 is 4.90 Å².